The van der Waals surface area contributed by atoms with Crippen molar-refractivity contribution in [2.24, 2.45) is 0 Å². The summed E-state index contributed by atoms with van der Waals surface area (Å²) in [5, 5.41) is 2.92. The highest BCUT2D eigenvalue weighted by atomic mass is 16.2. The fourth-order valence-electron chi connectivity index (χ4n) is 4.25. The smallest absolute Gasteiger partial charge is 0.261 e. The van der Waals surface area contributed by atoms with Crippen LogP contribution in [0.15, 0.2) is 72.8 Å². The lowest BCUT2D eigenvalue weighted by Gasteiger charge is -2.13. The van der Waals surface area contributed by atoms with Crippen LogP contribution in [-0.2, 0) is 17.6 Å². The summed E-state index contributed by atoms with van der Waals surface area (Å²) in [4.78, 5) is 46.5. The van der Waals surface area contributed by atoms with Crippen molar-refractivity contribution in [2.45, 2.75) is 25.7 Å². The van der Waals surface area contributed by atoms with Crippen LogP contribution < -0.4 is 5.32 Å². The van der Waals surface area contributed by atoms with Gasteiger partial charge in [-0.3, -0.25) is 19.3 Å². The Hall–Kier alpha value is -4.26. The van der Waals surface area contributed by atoms with Crippen molar-refractivity contribution in [3.05, 3.63) is 95.3 Å². The van der Waals surface area contributed by atoms with Gasteiger partial charge in [0.2, 0.25) is 5.91 Å². The van der Waals surface area contributed by atoms with E-state index in [9.17, 15) is 14.4 Å². The number of para-hydroxylation sites is 2. The van der Waals surface area contributed by atoms with Gasteiger partial charge in [0.15, 0.2) is 0 Å². The van der Waals surface area contributed by atoms with E-state index in [4.69, 9.17) is 0 Å². The van der Waals surface area contributed by atoms with Crippen molar-refractivity contribution in [3.8, 4) is 0 Å². The monoisotopic (exact) mass is 452 g/mol. The number of nitrogens with one attached hydrogen (secondary N) is 2. The molecule has 1 aliphatic rings. The SMILES string of the molecule is O=C(CCCN1C(=O)c2ccccc2C1=O)Nc1cccc(CCc2nc3ccccc3[nH]2)c1. The molecule has 7 nitrogen and oxygen atoms in total. The highest BCUT2D eigenvalue weighted by Gasteiger charge is 2.34. The predicted octanol–water partition coefficient (Wildman–Crippen LogP) is 4.36. The first-order valence-electron chi connectivity index (χ1n) is 11.4. The van der Waals surface area contributed by atoms with Crippen LogP contribution in [0.4, 0.5) is 5.69 Å². The molecule has 3 amide bonds. The Balaban J connectivity index is 1.12. The molecule has 0 atom stereocenters. The maximum Gasteiger partial charge on any atom is 0.261 e. The summed E-state index contributed by atoms with van der Waals surface area (Å²) in [6, 6.07) is 22.5. The zero-order valence-corrected chi connectivity index (χ0v) is 18.6. The lowest BCUT2D eigenvalue weighted by atomic mass is 10.1. The number of imidazole rings is 1. The van der Waals surface area contributed by atoms with Gasteiger partial charge in [-0.25, -0.2) is 4.98 Å². The number of carbonyl (C=O) groups is 3. The number of hydrogen-bond acceptors (Lipinski definition) is 4. The quantitative estimate of drug-likeness (QED) is 0.388. The topological polar surface area (TPSA) is 95.2 Å². The van der Waals surface area contributed by atoms with Gasteiger partial charge in [-0.15, -0.1) is 0 Å². The number of benzene rings is 3. The number of carbonyl (C=O) groups excluding carboxylic acids is 3. The molecule has 5 rings (SSSR count). The fourth-order valence-corrected chi connectivity index (χ4v) is 4.25. The molecule has 3 aromatic carbocycles. The molecule has 2 heterocycles. The third-order valence-electron chi connectivity index (χ3n) is 5.96. The predicted molar refractivity (Wildman–Crippen MR) is 130 cm³/mol. The van der Waals surface area contributed by atoms with E-state index in [0.29, 0.717) is 17.5 Å². The van der Waals surface area contributed by atoms with Crippen molar-refractivity contribution < 1.29 is 14.4 Å². The number of rotatable bonds is 8. The lowest BCUT2D eigenvalue weighted by molar-refractivity contribution is -0.116. The molecule has 0 bridgehead atoms. The van der Waals surface area contributed by atoms with Crippen LogP contribution in [0.2, 0.25) is 0 Å². The minimum atomic E-state index is -0.293. The van der Waals surface area contributed by atoms with Crippen LogP contribution >= 0.6 is 0 Å². The third-order valence-corrected chi connectivity index (χ3v) is 5.96. The standard InChI is InChI=1S/C27H24N4O3/c32-25(13-6-16-31-26(33)20-9-1-2-10-21(20)27(31)34)28-19-8-5-7-18(17-19)14-15-24-29-22-11-3-4-12-23(22)30-24/h1-5,7-12,17H,6,13-16H2,(H,28,32)(H,29,30). The maximum absolute atomic E-state index is 12.4. The molecule has 4 aromatic rings. The molecule has 0 aliphatic carbocycles. The Labute approximate surface area is 196 Å². The minimum Gasteiger partial charge on any atom is -0.342 e. The number of aryl methyl sites for hydroxylation is 2. The Morgan fingerprint density at radius 3 is 2.38 bits per heavy atom. The number of fused-ring (bicyclic) bond motifs is 2. The van der Waals surface area contributed by atoms with Crippen molar-refractivity contribution in [3.63, 3.8) is 0 Å². The fraction of sp³-hybridized carbons (Fsp3) is 0.185. The van der Waals surface area contributed by atoms with Gasteiger partial charge in [0, 0.05) is 25.1 Å². The summed E-state index contributed by atoms with van der Waals surface area (Å²) in [6.07, 6.45) is 2.19. The van der Waals surface area contributed by atoms with E-state index >= 15 is 0 Å². The molecule has 170 valence electrons. The van der Waals surface area contributed by atoms with Crippen LogP contribution in [0, 0.1) is 0 Å². The van der Waals surface area contributed by atoms with Gasteiger partial charge >= 0.3 is 0 Å². The van der Waals surface area contributed by atoms with E-state index < -0.39 is 0 Å². The number of anilines is 1. The molecule has 0 spiro atoms. The number of aromatic nitrogens is 2. The van der Waals surface area contributed by atoms with E-state index in [1.165, 1.54) is 4.90 Å². The Kier molecular flexibility index (Phi) is 5.91. The first-order valence-corrected chi connectivity index (χ1v) is 11.4. The van der Waals surface area contributed by atoms with Crippen molar-refractivity contribution in [1.82, 2.24) is 14.9 Å². The van der Waals surface area contributed by atoms with Crippen molar-refractivity contribution >= 4 is 34.4 Å². The second-order valence-corrected chi connectivity index (χ2v) is 8.36. The molecular formula is C27H24N4O3. The number of H-pyrrole nitrogens is 1. The maximum atomic E-state index is 12.4. The van der Waals surface area contributed by atoms with Crippen molar-refractivity contribution in [2.75, 3.05) is 11.9 Å². The van der Waals surface area contributed by atoms with Gasteiger partial charge < -0.3 is 10.3 Å². The molecule has 1 aliphatic heterocycles. The van der Waals surface area contributed by atoms with Crippen LogP contribution in [0.3, 0.4) is 0 Å². The van der Waals surface area contributed by atoms with Gasteiger partial charge in [0.1, 0.15) is 5.82 Å². The molecule has 0 saturated carbocycles. The first-order chi connectivity index (χ1) is 16.6. The normalized spacial score (nSPS) is 12.9. The van der Waals surface area contributed by atoms with E-state index in [0.717, 1.165) is 41.0 Å². The number of aromatic amines is 1. The largest absolute Gasteiger partial charge is 0.342 e. The van der Waals surface area contributed by atoms with Gasteiger partial charge in [-0.2, -0.15) is 0 Å². The van der Waals surface area contributed by atoms with E-state index in [-0.39, 0.29) is 30.7 Å². The second kappa shape index (κ2) is 9.31. The zero-order valence-electron chi connectivity index (χ0n) is 18.6. The first kappa shape index (κ1) is 21.6. The molecule has 0 fully saturated rings. The number of imide groups is 1. The minimum absolute atomic E-state index is 0.147. The van der Waals surface area contributed by atoms with Gasteiger partial charge in [0.25, 0.3) is 11.8 Å². The summed E-state index contributed by atoms with van der Waals surface area (Å²) in [5.41, 5.74) is 4.67. The van der Waals surface area contributed by atoms with Crippen molar-refractivity contribution in [1.29, 1.82) is 0 Å². The highest BCUT2D eigenvalue weighted by Crippen LogP contribution is 2.23. The molecule has 1 aromatic heterocycles. The van der Waals surface area contributed by atoms with E-state index in [1.807, 2.05) is 48.5 Å². The molecule has 7 heteroatoms. The third kappa shape index (κ3) is 4.45. The molecule has 2 N–H and O–H groups in total. The Bertz CT molecular complexity index is 1320. The van der Waals surface area contributed by atoms with Crippen LogP contribution in [0.25, 0.3) is 11.0 Å². The number of nitrogens with zero attached hydrogens (tertiary/aromatic N) is 2. The Morgan fingerprint density at radius 2 is 1.62 bits per heavy atom. The van der Waals surface area contributed by atoms with Crippen LogP contribution in [0.5, 0.6) is 0 Å². The summed E-state index contributed by atoms with van der Waals surface area (Å²) in [6.45, 7) is 0.220. The summed E-state index contributed by atoms with van der Waals surface area (Å²) < 4.78 is 0. The summed E-state index contributed by atoms with van der Waals surface area (Å²) >= 11 is 0. The number of amides is 3. The van der Waals surface area contributed by atoms with Gasteiger partial charge in [-0.05, 0) is 54.8 Å². The lowest BCUT2D eigenvalue weighted by Crippen LogP contribution is -2.31. The molecule has 0 radical (unpaired) electrons. The highest BCUT2D eigenvalue weighted by molar-refractivity contribution is 6.21. The molecule has 0 unspecified atom stereocenters. The van der Waals surface area contributed by atoms with E-state index in [2.05, 4.69) is 15.3 Å². The summed E-state index contributed by atoms with van der Waals surface area (Å²) in [5.74, 6) is 0.200. The second-order valence-electron chi connectivity index (χ2n) is 8.36. The van der Waals surface area contributed by atoms with Gasteiger partial charge in [-0.1, -0.05) is 36.4 Å². The number of hydrogen-bond donors (Lipinski definition) is 2. The molecule has 0 saturated heterocycles. The molecular weight excluding hydrogens is 428 g/mol. The zero-order chi connectivity index (χ0) is 23.5. The Morgan fingerprint density at radius 1 is 0.882 bits per heavy atom. The average Bonchev–Trinajstić information content (AvgIpc) is 3.37. The van der Waals surface area contributed by atoms with Crippen LogP contribution in [-0.4, -0.2) is 39.1 Å². The van der Waals surface area contributed by atoms with E-state index in [1.54, 1.807) is 24.3 Å². The molecule has 34 heavy (non-hydrogen) atoms. The van der Waals surface area contributed by atoms with Crippen LogP contribution in [0.1, 0.15) is 44.9 Å². The average molecular weight is 453 g/mol. The summed E-state index contributed by atoms with van der Waals surface area (Å²) in [7, 11) is 0. The van der Waals surface area contributed by atoms with Gasteiger partial charge in [0.05, 0.1) is 22.2 Å².